The fraction of sp³-hybridized carbons (Fsp3) is 0.250. The highest BCUT2D eigenvalue weighted by molar-refractivity contribution is 6.31. The molecule has 0 unspecified atom stereocenters. The first-order valence-electron chi connectivity index (χ1n) is 4.30. The van der Waals surface area contributed by atoms with Gasteiger partial charge in [0.2, 0.25) is 10.6 Å². The van der Waals surface area contributed by atoms with E-state index in [9.17, 15) is 0 Å². The fourth-order valence-corrected chi connectivity index (χ4v) is 1.58. The van der Waals surface area contributed by atoms with Crippen molar-refractivity contribution in [1.82, 2.24) is 24.7 Å². The van der Waals surface area contributed by atoms with Gasteiger partial charge in [0, 0.05) is 12.7 Å². The molecule has 0 amide bonds. The van der Waals surface area contributed by atoms with Gasteiger partial charge in [0.15, 0.2) is 5.82 Å². The van der Waals surface area contributed by atoms with E-state index < -0.39 is 0 Å². The van der Waals surface area contributed by atoms with Crippen LogP contribution in [-0.4, -0.2) is 24.7 Å². The van der Waals surface area contributed by atoms with Gasteiger partial charge in [0.1, 0.15) is 5.69 Å². The van der Waals surface area contributed by atoms with Gasteiger partial charge in [-0.1, -0.05) is 0 Å². The summed E-state index contributed by atoms with van der Waals surface area (Å²) < 4.78 is 1.75. The van der Waals surface area contributed by atoms with E-state index >= 15 is 0 Å². The molecule has 0 radical (unpaired) electrons. The zero-order valence-electron chi connectivity index (χ0n) is 7.85. The molecule has 0 aromatic carbocycles. The topological polar surface area (TPSA) is 56.5 Å². The maximum Gasteiger partial charge on any atom is 0.227 e. The second-order valence-corrected chi connectivity index (χ2v) is 3.41. The lowest BCUT2D eigenvalue weighted by atomic mass is 10.4. The van der Waals surface area contributed by atoms with Crippen molar-refractivity contribution in [3.8, 4) is 11.5 Å². The molecular weight excluding hydrogens is 237 g/mol. The summed E-state index contributed by atoms with van der Waals surface area (Å²) in [5, 5.41) is 4.26. The maximum atomic E-state index is 5.69. The Morgan fingerprint density at radius 2 is 1.87 bits per heavy atom. The van der Waals surface area contributed by atoms with Gasteiger partial charge < -0.3 is 0 Å². The van der Waals surface area contributed by atoms with E-state index in [2.05, 4.69) is 20.1 Å². The molecule has 0 saturated heterocycles. The van der Waals surface area contributed by atoms with Crippen molar-refractivity contribution < 1.29 is 0 Å². The predicted molar refractivity (Wildman–Crippen MR) is 56.7 cm³/mol. The smallest absolute Gasteiger partial charge is 0.227 e. The number of hydrogen-bond acceptors (Lipinski definition) is 4. The molecule has 2 rings (SSSR count). The van der Waals surface area contributed by atoms with Crippen LogP contribution in [0.3, 0.4) is 0 Å². The molecule has 0 aliphatic heterocycles. The Hall–Kier alpha value is -1.20. The summed E-state index contributed by atoms with van der Waals surface area (Å²) in [6, 6.07) is 1.80. The molecule has 0 spiro atoms. The summed E-state index contributed by atoms with van der Waals surface area (Å²) in [6.45, 7) is 2.70. The van der Waals surface area contributed by atoms with Gasteiger partial charge in [-0.25, -0.2) is 0 Å². The van der Waals surface area contributed by atoms with Crippen LogP contribution >= 0.6 is 23.2 Å². The van der Waals surface area contributed by atoms with E-state index in [0.29, 0.717) is 5.82 Å². The minimum atomic E-state index is 0.0776. The highest BCUT2D eigenvalue weighted by Gasteiger charge is 2.09. The quantitative estimate of drug-likeness (QED) is 0.811. The van der Waals surface area contributed by atoms with E-state index in [1.54, 1.807) is 16.9 Å². The number of hydrogen-bond donors (Lipinski definition) is 0. The number of nitrogens with zero attached hydrogens (tertiary/aromatic N) is 5. The summed E-state index contributed by atoms with van der Waals surface area (Å²) in [7, 11) is 0. The third-order valence-electron chi connectivity index (χ3n) is 1.83. The van der Waals surface area contributed by atoms with Gasteiger partial charge in [-0.2, -0.15) is 20.1 Å². The molecule has 78 valence electrons. The van der Waals surface area contributed by atoms with Crippen molar-refractivity contribution in [3.05, 3.63) is 22.8 Å². The Morgan fingerprint density at radius 1 is 1.20 bits per heavy atom. The highest BCUT2D eigenvalue weighted by atomic mass is 35.5. The summed E-state index contributed by atoms with van der Waals surface area (Å²) in [5.74, 6) is 0.430. The van der Waals surface area contributed by atoms with Crippen LogP contribution in [0.5, 0.6) is 0 Å². The predicted octanol–water partition coefficient (Wildman–Crippen LogP) is 2.06. The first-order valence-corrected chi connectivity index (χ1v) is 5.05. The van der Waals surface area contributed by atoms with Gasteiger partial charge in [0.05, 0.1) is 0 Å². The Kier molecular flexibility index (Phi) is 2.83. The maximum absolute atomic E-state index is 5.69. The molecule has 2 heterocycles. The summed E-state index contributed by atoms with van der Waals surface area (Å²) in [5.41, 5.74) is 0.767. The largest absolute Gasteiger partial charge is 0.262 e. The Morgan fingerprint density at radius 3 is 2.47 bits per heavy atom. The molecular formula is C8H7Cl2N5. The van der Waals surface area contributed by atoms with Crippen LogP contribution in [0, 0.1) is 0 Å². The van der Waals surface area contributed by atoms with Crippen LogP contribution in [0.1, 0.15) is 6.92 Å². The fourth-order valence-electron chi connectivity index (χ4n) is 1.22. The zero-order valence-corrected chi connectivity index (χ0v) is 9.37. The molecule has 15 heavy (non-hydrogen) atoms. The highest BCUT2D eigenvalue weighted by Crippen LogP contribution is 2.17. The minimum Gasteiger partial charge on any atom is -0.262 e. The molecule has 0 atom stereocenters. The van der Waals surface area contributed by atoms with Crippen molar-refractivity contribution in [2.45, 2.75) is 13.5 Å². The normalized spacial score (nSPS) is 10.6. The average Bonchev–Trinajstić information content (AvgIpc) is 2.63. The van der Waals surface area contributed by atoms with Crippen LogP contribution in [0.4, 0.5) is 0 Å². The standard InChI is InChI=1S/C8H7Cl2N5/c1-2-15-5(3-4-11-15)6-12-7(9)14-8(10)13-6/h3-4H,2H2,1H3. The van der Waals surface area contributed by atoms with Crippen LogP contribution in [0.15, 0.2) is 12.3 Å². The summed E-state index contributed by atoms with van der Waals surface area (Å²) >= 11 is 11.4. The molecule has 7 heteroatoms. The van der Waals surface area contributed by atoms with Gasteiger partial charge in [-0.15, -0.1) is 0 Å². The van der Waals surface area contributed by atoms with Crippen molar-refractivity contribution in [2.24, 2.45) is 0 Å². The molecule has 0 bridgehead atoms. The Balaban J connectivity index is 2.53. The zero-order chi connectivity index (χ0) is 10.8. The van der Waals surface area contributed by atoms with E-state index in [4.69, 9.17) is 23.2 Å². The Bertz CT molecular complexity index is 461. The van der Waals surface area contributed by atoms with Crippen molar-refractivity contribution in [3.63, 3.8) is 0 Å². The number of aryl methyl sites for hydroxylation is 1. The lowest BCUT2D eigenvalue weighted by Gasteiger charge is -2.03. The molecule has 2 aromatic heterocycles. The molecule has 5 nitrogen and oxygen atoms in total. The lowest BCUT2D eigenvalue weighted by molar-refractivity contribution is 0.663. The second-order valence-electron chi connectivity index (χ2n) is 2.73. The molecule has 0 aliphatic carbocycles. The number of aromatic nitrogens is 5. The van der Waals surface area contributed by atoms with Crippen molar-refractivity contribution in [1.29, 1.82) is 0 Å². The lowest BCUT2D eigenvalue weighted by Crippen LogP contribution is -2.02. The summed E-state index contributed by atoms with van der Waals surface area (Å²) in [6.07, 6.45) is 1.67. The third kappa shape index (κ3) is 2.08. The third-order valence-corrected chi connectivity index (χ3v) is 2.16. The Labute approximate surface area is 96.1 Å². The van der Waals surface area contributed by atoms with Gasteiger partial charge >= 0.3 is 0 Å². The van der Waals surface area contributed by atoms with Gasteiger partial charge in [-0.3, -0.25) is 4.68 Å². The van der Waals surface area contributed by atoms with Crippen LogP contribution < -0.4 is 0 Å². The monoisotopic (exact) mass is 243 g/mol. The van der Waals surface area contributed by atoms with Gasteiger partial charge in [-0.05, 0) is 36.2 Å². The summed E-state index contributed by atoms with van der Waals surface area (Å²) in [4.78, 5) is 11.6. The van der Waals surface area contributed by atoms with Crippen LogP contribution in [-0.2, 0) is 6.54 Å². The van der Waals surface area contributed by atoms with Crippen molar-refractivity contribution in [2.75, 3.05) is 0 Å². The first-order chi connectivity index (χ1) is 7.20. The number of rotatable bonds is 2. The average molecular weight is 244 g/mol. The molecule has 2 aromatic rings. The second kappa shape index (κ2) is 4.12. The minimum absolute atomic E-state index is 0.0776. The molecule has 0 fully saturated rings. The van der Waals surface area contributed by atoms with E-state index in [-0.39, 0.29) is 10.6 Å². The van der Waals surface area contributed by atoms with E-state index in [0.717, 1.165) is 12.2 Å². The van der Waals surface area contributed by atoms with Crippen LogP contribution in [0.25, 0.3) is 11.5 Å². The number of halogens is 2. The first kappa shape index (κ1) is 10.3. The molecule has 0 saturated carbocycles. The van der Waals surface area contributed by atoms with E-state index in [1.807, 2.05) is 6.92 Å². The van der Waals surface area contributed by atoms with Crippen molar-refractivity contribution >= 4 is 23.2 Å². The molecule has 0 aliphatic rings. The molecule has 0 N–H and O–H groups in total. The van der Waals surface area contributed by atoms with E-state index in [1.165, 1.54) is 0 Å². The SMILES string of the molecule is CCn1nccc1-c1nc(Cl)nc(Cl)n1. The van der Waals surface area contributed by atoms with Crippen LogP contribution in [0.2, 0.25) is 10.6 Å². The van der Waals surface area contributed by atoms with Gasteiger partial charge in [0.25, 0.3) is 0 Å².